The number of carbonyl (C=O) groups is 3. The molecule has 0 aliphatic heterocycles. The van der Waals surface area contributed by atoms with Gasteiger partial charge in [-0.1, -0.05) is 18.2 Å². The van der Waals surface area contributed by atoms with Gasteiger partial charge in [0.25, 0.3) is 11.8 Å². The molecule has 2 aromatic rings. The standard InChI is InChI=1S/C16H11N3O4/c17-16(23)19(15(22)12-4-2-1-3-5-12)13-8-6-11(7-9-13)14(21)18-10-20/h1-9H,(H2,17,23). The minimum Gasteiger partial charge on any atom is -0.351 e. The summed E-state index contributed by atoms with van der Waals surface area (Å²) in [5.74, 6) is -1.37. The van der Waals surface area contributed by atoms with E-state index in [1.54, 1.807) is 30.3 Å². The predicted molar refractivity (Wildman–Crippen MR) is 81.7 cm³/mol. The number of benzene rings is 2. The first kappa shape index (κ1) is 15.8. The molecule has 0 atom stereocenters. The lowest BCUT2D eigenvalue weighted by Gasteiger charge is -2.18. The fourth-order valence-electron chi connectivity index (χ4n) is 1.91. The zero-order valence-electron chi connectivity index (χ0n) is 11.8. The molecule has 2 rings (SSSR count). The monoisotopic (exact) mass is 309 g/mol. The van der Waals surface area contributed by atoms with Crippen molar-refractivity contribution in [2.75, 3.05) is 4.90 Å². The molecule has 0 heterocycles. The third-order valence-corrected chi connectivity index (χ3v) is 2.96. The molecule has 2 N–H and O–H groups in total. The molecule has 0 fully saturated rings. The van der Waals surface area contributed by atoms with Gasteiger partial charge in [-0.15, -0.1) is 4.99 Å². The van der Waals surface area contributed by atoms with Crippen molar-refractivity contribution in [1.29, 1.82) is 0 Å². The summed E-state index contributed by atoms with van der Waals surface area (Å²) in [5.41, 5.74) is 5.88. The molecule has 2 aromatic carbocycles. The van der Waals surface area contributed by atoms with Crippen molar-refractivity contribution >= 4 is 29.6 Å². The van der Waals surface area contributed by atoms with Crippen LogP contribution >= 0.6 is 0 Å². The van der Waals surface area contributed by atoms with Crippen molar-refractivity contribution in [1.82, 2.24) is 0 Å². The average Bonchev–Trinajstić information content (AvgIpc) is 2.56. The van der Waals surface area contributed by atoms with Gasteiger partial charge in [-0.25, -0.2) is 14.5 Å². The number of amides is 4. The van der Waals surface area contributed by atoms with Gasteiger partial charge in [0.15, 0.2) is 0 Å². The van der Waals surface area contributed by atoms with Gasteiger partial charge >= 0.3 is 6.03 Å². The maximum Gasteiger partial charge on any atom is 0.326 e. The van der Waals surface area contributed by atoms with Gasteiger partial charge in [-0.2, -0.15) is 0 Å². The Bertz CT molecular complexity index is 794. The lowest BCUT2D eigenvalue weighted by Crippen LogP contribution is -2.40. The van der Waals surface area contributed by atoms with E-state index in [0.29, 0.717) is 0 Å². The molecule has 0 unspecified atom stereocenters. The lowest BCUT2D eigenvalue weighted by atomic mass is 10.1. The van der Waals surface area contributed by atoms with Crippen LogP contribution in [0.2, 0.25) is 0 Å². The van der Waals surface area contributed by atoms with E-state index in [1.165, 1.54) is 24.3 Å². The average molecular weight is 309 g/mol. The van der Waals surface area contributed by atoms with Gasteiger partial charge in [-0.05, 0) is 36.4 Å². The Morgan fingerprint density at radius 1 is 0.913 bits per heavy atom. The van der Waals surface area contributed by atoms with Gasteiger partial charge in [-0.3, -0.25) is 9.59 Å². The maximum atomic E-state index is 12.4. The quantitative estimate of drug-likeness (QED) is 0.689. The second kappa shape index (κ2) is 6.93. The van der Waals surface area contributed by atoms with Crippen LogP contribution in [0.3, 0.4) is 0 Å². The predicted octanol–water partition coefficient (Wildman–Crippen LogP) is 1.89. The number of nitrogens with two attached hydrogens (primary N) is 1. The van der Waals surface area contributed by atoms with Crippen molar-refractivity contribution < 1.29 is 19.2 Å². The van der Waals surface area contributed by atoms with Gasteiger partial charge in [0.2, 0.25) is 6.08 Å². The third kappa shape index (κ3) is 3.55. The molecule has 0 saturated heterocycles. The number of isocyanates is 1. The van der Waals surface area contributed by atoms with Crippen LogP contribution in [-0.2, 0) is 4.79 Å². The fourth-order valence-corrected chi connectivity index (χ4v) is 1.91. The van der Waals surface area contributed by atoms with Crippen LogP contribution in [0.1, 0.15) is 20.7 Å². The van der Waals surface area contributed by atoms with Crippen molar-refractivity contribution in [3.63, 3.8) is 0 Å². The third-order valence-electron chi connectivity index (χ3n) is 2.96. The highest BCUT2D eigenvalue weighted by molar-refractivity contribution is 6.20. The van der Waals surface area contributed by atoms with E-state index in [-0.39, 0.29) is 16.8 Å². The van der Waals surface area contributed by atoms with Gasteiger partial charge in [0, 0.05) is 11.1 Å². The van der Waals surface area contributed by atoms with E-state index in [1.807, 2.05) is 0 Å². The van der Waals surface area contributed by atoms with Crippen LogP contribution in [0.5, 0.6) is 0 Å². The molecular formula is C16H11N3O4. The highest BCUT2D eigenvalue weighted by Gasteiger charge is 2.22. The minimum absolute atomic E-state index is 0.119. The number of hydrogen-bond donors (Lipinski definition) is 1. The summed E-state index contributed by atoms with van der Waals surface area (Å²) in [6, 6.07) is 12.6. The molecule has 7 nitrogen and oxygen atoms in total. The van der Waals surface area contributed by atoms with Crippen LogP contribution in [0.25, 0.3) is 0 Å². The first-order chi connectivity index (χ1) is 11.0. The number of carbonyl (C=O) groups excluding carboxylic acids is 4. The van der Waals surface area contributed by atoms with Crippen LogP contribution in [-0.4, -0.2) is 23.9 Å². The summed E-state index contributed by atoms with van der Waals surface area (Å²) in [6.07, 6.45) is 1.15. The summed E-state index contributed by atoms with van der Waals surface area (Å²) in [6.45, 7) is 0. The molecule has 0 aromatic heterocycles. The van der Waals surface area contributed by atoms with E-state index in [9.17, 15) is 19.2 Å². The van der Waals surface area contributed by atoms with Crippen LogP contribution in [0.15, 0.2) is 59.6 Å². The molecule has 4 amide bonds. The van der Waals surface area contributed by atoms with Crippen molar-refractivity contribution in [3.8, 4) is 0 Å². The second-order valence-electron chi connectivity index (χ2n) is 4.40. The second-order valence-corrected chi connectivity index (χ2v) is 4.40. The first-order valence-electron chi connectivity index (χ1n) is 6.46. The fraction of sp³-hybridized carbons (Fsp3) is 0. The number of primary amides is 1. The van der Waals surface area contributed by atoms with Gasteiger partial charge < -0.3 is 5.73 Å². The summed E-state index contributed by atoms with van der Waals surface area (Å²) in [7, 11) is 0. The highest BCUT2D eigenvalue weighted by Crippen LogP contribution is 2.18. The van der Waals surface area contributed by atoms with Gasteiger partial charge in [0.05, 0.1) is 5.69 Å². The Morgan fingerprint density at radius 2 is 1.52 bits per heavy atom. The van der Waals surface area contributed by atoms with Crippen molar-refractivity contribution in [3.05, 3.63) is 65.7 Å². The number of aliphatic imine (C=N–C) groups is 1. The molecule has 0 saturated carbocycles. The van der Waals surface area contributed by atoms with E-state index in [2.05, 4.69) is 4.99 Å². The Balaban J connectivity index is 2.35. The van der Waals surface area contributed by atoms with Crippen molar-refractivity contribution in [2.24, 2.45) is 10.7 Å². The Labute approximate surface area is 131 Å². The number of imide groups is 1. The topological polar surface area (TPSA) is 110 Å². The highest BCUT2D eigenvalue weighted by atomic mass is 16.2. The molecule has 7 heteroatoms. The number of urea groups is 1. The van der Waals surface area contributed by atoms with E-state index >= 15 is 0 Å². The van der Waals surface area contributed by atoms with E-state index < -0.39 is 17.8 Å². The summed E-state index contributed by atoms with van der Waals surface area (Å²) in [5, 5.41) is 0. The largest absolute Gasteiger partial charge is 0.351 e. The minimum atomic E-state index is -0.955. The molecule has 0 radical (unpaired) electrons. The Hall–Kier alpha value is -3.57. The first-order valence-corrected chi connectivity index (χ1v) is 6.46. The van der Waals surface area contributed by atoms with Crippen LogP contribution < -0.4 is 10.6 Å². The normalized spacial score (nSPS) is 9.57. The zero-order chi connectivity index (χ0) is 16.8. The molecule has 0 bridgehead atoms. The molecule has 0 aliphatic carbocycles. The molecule has 114 valence electrons. The number of rotatable bonds is 3. The number of hydrogen-bond acceptors (Lipinski definition) is 4. The molecule has 23 heavy (non-hydrogen) atoms. The van der Waals surface area contributed by atoms with E-state index in [0.717, 1.165) is 11.0 Å². The van der Waals surface area contributed by atoms with E-state index in [4.69, 9.17) is 5.73 Å². The molecule has 0 spiro atoms. The summed E-state index contributed by atoms with van der Waals surface area (Å²) in [4.78, 5) is 49.3. The van der Waals surface area contributed by atoms with Crippen LogP contribution in [0.4, 0.5) is 10.5 Å². The number of nitrogens with zero attached hydrogens (tertiary/aromatic N) is 2. The van der Waals surface area contributed by atoms with Crippen molar-refractivity contribution in [2.45, 2.75) is 0 Å². The maximum absolute atomic E-state index is 12.4. The van der Waals surface area contributed by atoms with Crippen LogP contribution in [0, 0.1) is 0 Å². The Morgan fingerprint density at radius 3 is 2.04 bits per heavy atom. The molecular weight excluding hydrogens is 298 g/mol. The summed E-state index contributed by atoms with van der Waals surface area (Å²) < 4.78 is 0. The zero-order valence-corrected chi connectivity index (χ0v) is 11.8. The van der Waals surface area contributed by atoms with Gasteiger partial charge in [0.1, 0.15) is 0 Å². The lowest BCUT2D eigenvalue weighted by molar-refractivity contribution is 0.0990. The summed E-state index contributed by atoms with van der Waals surface area (Å²) >= 11 is 0. The SMILES string of the molecule is NC(=O)N(C(=O)c1ccccc1)c1ccc(C(=O)N=C=O)cc1. The molecule has 0 aliphatic rings. The number of anilines is 1. The Kier molecular flexibility index (Phi) is 4.76. The smallest absolute Gasteiger partial charge is 0.326 e.